The first-order chi connectivity index (χ1) is 7.83. The van der Waals surface area contributed by atoms with Crippen molar-refractivity contribution in [3.05, 3.63) is 42.1 Å². The van der Waals surface area contributed by atoms with Crippen molar-refractivity contribution in [3.8, 4) is 0 Å². The van der Waals surface area contributed by atoms with Gasteiger partial charge < -0.3 is 4.74 Å². The first kappa shape index (κ1) is 10.8. The van der Waals surface area contributed by atoms with E-state index >= 15 is 0 Å². The van der Waals surface area contributed by atoms with Gasteiger partial charge in [0.25, 0.3) is 0 Å². The van der Waals surface area contributed by atoms with Crippen LogP contribution in [0.2, 0.25) is 0 Å². The molecule has 82 valence electrons. The number of Topliss-reactive ketones (excluding diaryl/α,β-unsaturated/α-hetero) is 1. The average Bonchev–Trinajstić information content (AvgIpc) is 2.35. The zero-order valence-corrected chi connectivity index (χ0v) is 9.14. The molecule has 0 spiro atoms. The molecule has 16 heavy (non-hydrogen) atoms. The lowest BCUT2D eigenvalue weighted by Gasteiger charge is -2.04. The van der Waals surface area contributed by atoms with Crippen LogP contribution in [0.5, 0.6) is 0 Å². The van der Waals surface area contributed by atoms with Gasteiger partial charge in [-0.3, -0.25) is 9.78 Å². The number of hydrogen-bond acceptors (Lipinski definition) is 3. The molecule has 1 aromatic heterocycles. The predicted octanol–water partition coefficient (Wildman–Crippen LogP) is 2.45. The van der Waals surface area contributed by atoms with Crippen LogP contribution in [0.25, 0.3) is 10.9 Å². The lowest BCUT2D eigenvalue weighted by atomic mass is 10.1. The van der Waals surface area contributed by atoms with Crippen molar-refractivity contribution < 1.29 is 9.53 Å². The van der Waals surface area contributed by atoms with Crippen LogP contribution in [0.15, 0.2) is 36.5 Å². The van der Waals surface area contributed by atoms with Crippen LogP contribution in [-0.2, 0) is 4.74 Å². The number of para-hydroxylation sites is 1. The molecule has 0 saturated heterocycles. The van der Waals surface area contributed by atoms with Gasteiger partial charge >= 0.3 is 0 Å². The number of rotatable bonds is 4. The van der Waals surface area contributed by atoms with Gasteiger partial charge in [0.2, 0.25) is 0 Å². The van der Waals surface area contributed by atoms with Gasteiger partial charge in [-0.05, 0) is 19.1 Å². The normalized spacial score (nSPS) is 10.6. The molecular formula is C13H13NO2. The van der Waals surface area contributed by atoms with Gasteiger partial charge in [0.05, 0.1) is 5.52 Å². The Labute approximate surface area is 94.1 Å². The van der Waals surface area contributed by atoms with E-state index in [9.17, 15) is 4.79 Å². The van der Waals surface area contributed by atoms with E-state index in [0.29, 0.717) is 12.2 Å². The van der Waals surface area contributed by atoms with E-state index < -0.39 is 0 Å². The number of pyridine rings is 1. The van der Waals surface area contributed by atoms with Crippen LogP contribution in [0.4, 0.5) is 0 Å². The average molecular weight is 215 g/mol. The Bertz CT molecular complexity index is 503. The summed E-state index contributed by atoms with van der Waals surface area (Å²) in [5, 5.41) is 0.977. The largest absolute Gasteiger partial charge is 0.374 e. The minimum absolute atomic E-state index is 0.0221. The molecule has 0 radical (unpaired) electrons. The minimum atomic E-state index is -0.0221. The van der Waals surface area contributed by atoms with E-state index in [2.05, 4.69) is 4.98 Å². The Hall–Kier alpha value is -1.74. The van der Waals surface area contributed by atoms with Crippen LogP contribution in [-0.4, -0.2) is 24.0 Å². The summed E-state index contributed by atoms with van der Waals surface area (Å²) in [5.74, 6) is -0.0221. The molecule has 0 unspecified atom stereocenters. The second-order valence-electron chi connectivity index (χ2n) is 3.44. The number of ether oxygens (including phenoxy) is 1. The molecule has 0 atom stereocenters. The van der Waals surface area contributed by atoms with Gasteiger partial charge in [0.1, 0.15) is 6.61 Å². The molecule has 3 heteroatoms. The number of aromatic nitrogens is 1. The molecule has 2 aromatic rings. The maximum absolute atomic E-state index is 11.9. The van der Waals surface area contributed by atoms with Crippen molar-refractivity contribution in [1.82, 2.24) is 4.98 Å². The predicted molar refractivity (Wildman–Crippen MR) is 62.6 cm³/mol. The molecule has 0 aliphatic heterocycles. The molecule has 0 aliphatic carbocycles. The second-order valence-corrected chi connectivity index (χ2v) is 3.44. The Morgan fingerprint density at radius 3 is 2.94 bits per heavy atom. The number of carbonyl (C=O) groups is 1. The quantitative estimate of drug-likeness (QED) is 0.735. The fourth-order valence-corrected chi connectivity index (χ4v) is 1.60. The van der Waals surface area contributed by atoms with Crippen molar-refractivity contribution in [2.45, 2.75) is 6.92 Å². The van der Waals surface area contributed by atoms with Crippen LogP contribution >= 0.6 is 0 Å². The first-order valence-electron chi connectivity index (χ1n) is 5.27. The van der Waals surface area contributed by atoms with Crippen molar-refractivity contribution >= 4 is 16.7 Å². The monoisotopic (exact) mass is 215 g/mol. The number of fused-ring (bicyclic) bond motifs is 1. The third-order valence-electron chi connectivity index (χ3n) is 2.37. The fourth-order valence-electron chi connectivity index (χ4n) is 1.60. The summed E-state index contributed by atoms with van der Waals surface area (Å²) in [6.45, 7) is 2.53. The highest BCUT2D eigenvalue weighted by Crippen LogP contribution is 2.16. The molecule has 3 nitrogen and oxygen atoms in total. The summed E-state index contributed by atoms with van der Waals surface area (Å²) in [6, 6.07) is 9.40. The van der Waals surface area contributed by atoms with Crippen molar-refractivity contribution in [3.63, 3.8) is 0 Å². The molecular weight excluding hydrogens is 202 g/mol. The van der Waals surface area contributed by atoms with Gasteiger partial charge in [-0.15, -0.1) is 0 Å². The van der Waals surface area contributed by atoms with Crippen molar-refractivity contribution in [2.75, 3.05) is 13.2 Å². The summed E-state index contributed by atoms with van der Waals surface area (Å²) in [7, 11) is 0. The van der Waals surface area contributed by atoms with E-state index in [1.165, 1.54) is 0 Å². The molecule has 1 heterocycles. The number of hydrogen-bond donors (Lipinski definition) is 0. The van der Waals surface area contributed by atoms with Gasteiger partial charge in [0.15, 0.2) is 5.78 Å². The van der Waals surface area contributed by atoms with Crippen LogP contribution in [0.1, 0.15) is 17.3 Å². The van der Waals surface area contributed by atoms with E-state index in [1.807, 2.05) is 31.2 Å². The number of nitrogens with zero attached hydrogens (tertiary/aromatic N) is 1. The molecule has 0 saturated carbocycles. The summed E-state index contributed by atoms with van der Waals surface area (Å²) >= 11 is 0. The topological polar surface area (TPSA) is 39.2 Å². The standard InChI is InChI=1S/C13H13NO2/c1-2-16-9-12(15)11-7-3-5-10-6-4-8-14-13(10)11/h3-8H,2,9H2,1H3. The van der Waals surface area contributed by atoms with Crippen molar-refractivity contribution in [1.29, 1.82) is 0 Å². The van der Waals surface area contributed by atoms with Gasteiger partial charge in [-0.25, -0.2) is 0 Å². The third kappa shape index (κ3) is 2.09. The van der Waals surface area contributed by atoms with Gasteiger partial charge in [-0.1, -0.05) is 18.2 Å². The lowest BCUT2D eigenvalue weighted by molar-refractivity contribution is 0.0785. The number of ketones is 1. The highest BCUT2D eigenvalue weighted by molar-refractivity contribution is 6.07. The second kappa shape index (κ2) is 4.86. The van der Waals surface area contributed by atoms with Crippen LogP contribution in [0, 0.1) is 0 Å². The SMILES string of the molecule is CCOCC(=O)c1cccc2cccnc12. The van der Waals surface area contributed by atoms with Crippen molar-refractivity contribution in [2.24, 2.45) is 0 Å². The first-order valence-corrected chi connectivity index (χ1v) is 5.27. The Morgan fingerprint density at radius 2 is 2.12 bits per heavy atom. The van der Waals surface area contributed by atoms with Gasteiger partial charge in [-0.2, -0.15) is 0 Å². The summed E-state index contributed by atoms with van der Waals surface area (Å²) in [5.41, 5.74) is 1.38. The number of carbonyl (C=O) groups excluding carboxylic acids is 1. The highest BCUT2D eigenvalue weighted by atomic mass is 16.5. The minimum Gasteiger partial charge on any atom is -0.374 e. The molecule has 0 fully saturated rings. The summed E-state index contributed by atoms with van der Waals surface area (Å²) in [4.78, 5) is 16.1. The van der Waals surface area contributed by atoms with E-state index in [-0.39, 0.29) is 12.4 Å². The molecule has 0 aliphatic rings. The zero-order chi connectivity index (χ0) is 11.4. The van der Waals surface area contributed by atoms with Gasteiger partial charge in [0, 0.05) is 23.8 Å². The molecule has 0 amide bonds. The Morgan fingerprint density at radius 1 is 1.31 bits per heavy atom. The van der Waals surface area contributed by atoms with Crippen LogP contribution in [0.3, 0.4) is 0 Å². The van der Waals surface area contributed by atoms with Crippen LogP contribution < -0.4 is 0 Å². The molecule has 2 rings (SSSR count). The maximum atomic E-state index is 11.9. The Balaban J connectivity index is 2.40. The summed E-state index contributed by atoms with van der Waals surface area (Å²) in [6.07, 6.45) is 1.69. The van der Waals surface area contributed by atoms with E-state index in [4.69, 9.17) is 4.74 Å². The lowest BCUT2D eigenvalue weighted by Crippen LogP contribution is -2.09. The van der Waals surface area contributed by atoms with E-state index in [1.54, 1.807) is 12.3 Å². The highest BCUT2D eigenvalue weighted by Gasteiger charge is 2.10. The molecule has 1 aromatic carbocycles. The summed E-state index contributed by atoms with van der Waals surface area (Å²) < 4.78 is 5.12. The molecule has 0 bridgehead atoms. The fraction of sp³-hybridized carbons (Fsp3) is 0.231. The molecule has 0 N–H and O–H groups in total. The van der Waals surface area contributed by atoms with E-state index in [0.717, 1.165) is 10.9 Å². The zero-order valence-electron chi connectivity index (χ0n) is 9.14. The Kier molecular flexibility index (Phi) is 3.27. The third-order valence-corrected chi connectivity index (χ3v) is 2.37. The number of benzene rings is 1. The maximum Gasteiger partial charge on any atom is 0.190 e. The smallest absolute Gasteiger partial charge is 0.190 e.